The molecule has 0 aromatic heterocycles. The first-order valence-corrected chi connectivity index (χ1v) is 3.77. The molecule has 2 atom stereocenters. The Bertz CT molecular complexity index is 61.6. The van der Waals surface area contributed by atoms with E-state index in [0.717, 1.165) is 6.42 Å². The van der Waals surface area contributed by atoms with Gasteiger partial charge in [-0.05, 0) is 18.8 Å². The summed E-state index contributed by atoms with van der Waals surface area (Å²) in [5.41, 5.74) is 5.74. The van der Waals surface area contributed by atoms with Gasteiger partial charge in [0.25, 0.3) is 0 Å². The zero-order valence-electron chi connectivity index (χ0n) is 6.56. The van der Waals surface area contributed by atoms with Crippen LogP contribution in [-0.2, 0) is 0 Å². The highest BCUT2D eigenvalue weighted by Gasteiger charge is 2.07. The van der Waals surface area contributed by atoms with E-state index in [9.17, 15) is 0 Å². The Kier molecular flexibility index (Phi) is 4.78. The smallest absolute Gasteiger partial charge is 0.00645 e. The lowest BCUT2D eigenvalue weighted by atomic mass is 9.96. The molecule has 0 heterocycles. The van der Waals surface area contributed by atoms with E-state index in [1.54, 1.807) is 0 Å². The summed E-state index contributed by atoms with van der Waals surface area (Å²) in [6.45, 7) is 8.14. The standard InChI is InChI=1S/C8H18N/c1-4-6-7(3)8(9)5-2/h7-8H,2,4-6,9H2,1,3H3. The molecule has 0 spiro atoms. The molecule has 0 amide bonds. The van der Waals surface area contributed by atoms with Crippen molar-refractivity contribution < 1.29 is 0 Å². The molecule has 0 saturated carbocycles. The lowest BCUT2D eigenvalue weighted by Gasteiger charge is -2.16. The van der Waals surface area contributed by atoms with E-state index in [-0.39, 0.29) is 0 Å². The Labute approximate surface area is 58.6 Å². The molecule has 0 aliphatic rings. The summed E-state index contributed by atoms with van der Waals surface area (Å²) < 4.78 is 0. The molecule has 0 fully saturated rings. The lowest BCUT2D eigenvalue weighted by molar-refractivity contribution is 0.423. The van der Waals surface area contributed by atoms with Gasteiger partial charge in [0.2, 0.25) is 0 Å². The van der Waals surface area contributed by atoms with Gasteiger partial charge in [-0.3, -0.25) is 0 Å². The summed E-state index contributed by atoms with van der Waals surface area (Å²) in [6.07, 6.45) is 3.33. The van der Waals surface area contributed by atoms with Crippen molar-refractivity contribution in [2.24, 2.45) is 11.7 Å². The van der Waals surface area contributed by atoms with Crippen LogP contribution in [0.2, 0.25) is 0 Å². The van der Waals surface area contributed by atoms with Crippen LogP contribution in [0.1, 0.15) is 33.1 Å². The molecular weight excluding hydrogens is 110 g/mol. The highest BCUT2D eigenvalue weighted by atomic mass is 14.6. The SMILES string of the molecule is [CH2]CC(N)C(C)CCC. The topological polar surface area (TPSA) is 26.0 Å². The van der Waals surface area contributed by atoms with Gasteiger partial charge in [-0.15, -0.1) is 0 Å². The maximum absolute atomic E-state index is 5.74. The third-order valence-corrected chi connectivity index (χ3v) is 1.81. The van der Waals surface area contributed by atoms with Crippen LogP contribution < -0.4 is 5.73 Å². The van der Waals surface area contributed by atoms with Crippen molar-refractivity contribution in [3.05, 3.63) is 6.92 Å². The molecule has 55 valence electrons. The monoisotopic (exact) mass is 128 g/mol. The molecule has 2 unspecified atom stereocenters. The van der Waals surface area contributed by atoms with Crippen molar-refractivity contribution in [1.82, 2.24) is 0 Å². The quantitative estimate of drug-likeness (QED) is 0.615. The second-order valence-electron chi connectivity index (χ2n) is 2.72. The van der Waals surface area contributed by atoms with Gasteiger partial charge >= 0.3 is 0 Å². The van der Waals surface area contributed by atoms with E-state index in [2.05, 4.69) is 20.8 Å². The van der Waals surface area contributed by atoms with E-state index in [1.807, 2.05) is 0 Å². The van der Waals surface area contributed by atoms with E-state index >= 15 is 0 Å². The predicted molar refractivity (Wildman–Crippen MR) is 42.0 cm³/mol. The van der Waals surface area contributed by atoms with Gasteiger partial charge in [-0.25, -0.2) is 0 Å². The fraction of sp³-hybridized carbons (Fsp3) is 0.875. The summed E-state index contributed by atoms with van der Waals surface area (Å²) in [7, 11) is 0. The Morgan fingerprint density at radius 1 is 1.56 bits per heavy atom. The van der Waals surface area contributed by atoms with Crippen LogP contribution in [0.3, 0.4) is 0 Å². The second kappa shape index (κ2) is 4.80. The van der Waals surface area contributed by atoms with E-state index in [4.69, 9.17) is 5.73 Å². The van der Waals surface area contributed by atoms with Crippen molar-refractivity contribution in [2.45, 2.75) is 39.2 Å². The number of rotatable bonds is 4. The summed E-state index contributed by atoms with van der Waals surface area (Å²) in [6, 6.07) is 0.310. The average Bonchev–Trinajstić information content (AvgIpc) is 1.87. The normalized spacial score (nSPS) is 17.3. The Hall–Kier alpha value is -0.0400. The fourth-order valence-electron chi connectivity index (χ4n) is 0.954. The van der Waals surface area contributed by atoms with Gasteiger partial charge in [0, 0.05) is 6.04 Å². The molecule has 0 rings (SSSR count). The Balaban J connectivity index is 3.32. The summed E-state index contributed by atoms with van der Waals surface area (Å²) in [5, 5.41) is 0. The third-order valence-electron chi connectivity index (χ3n) is 1.81. The molecule has 0 bridgehead atoms. The van der Waals surface area contributed by atoms with Crippen LogP contribution in [0, 0.1) is 12.8 Å². The number of hydrogen-bond acceptors (Lipinski definition) is 1. The highest BCUT2D eigenvalue weighted by Crippen LogP contribution is 2.10. The van der Waals surface area contributed by atoms with Gasteiger partial charge in [0.05, 0.1) is 0 Å². The molecular formula is C8H18N. The Morgan fingerprint density at radius 2 is 2.11 bits per heavy atom. The van der Waals surface area contributed by atoms with Crippen LogP contribution in [0.15, 0.2) is 0 Å². The summed E-state index contributed by atoms with van der Waals surface area (Å²) >= 11 is 0. The molecule has 1 heteroatoms. The van der Waals surface area contributed by atoms with Crippen molar-refractivity contribution in [1.29, 1.82) is 0 Å². The molecule has 0 aromatic carbocycles. The van der Waals surface area contributed by atoms with Gasteiger partial charge in [0.1, 0.15) is 0 Å². The van der Waals surface area contributed by atoms with E-state index in [1.165, 1.54) is 12.8 Å². The first-order chi connectivity index (χ1) is 4.22. The first kappa shape index (κ1) is 8.96. The molecule has 1 radical (unpaired) electrons. The minimum Gasteiger partial charge on any atom is -0.327 e. The van der Waals surface area contributed by atoms with Crippen molar-refractivity contribution in [2.75, 3.05) is 0 Å². The molecule has 0 aliphatic heterocycles. The van der Waals surface area contributed by atoms with Crippen molar-refractivity contribution >= 4 is 0 Å². The average molecular weight is 128 g/mol. The van der Waals surface area contributed by atoms with Gasteiger partial charge in [-0.1, -0.05) is 27.2 Å². The Morgan fingerprint density at radius 3 is 2.44 bits per heavy atom. The molecule has 0 saturated heterocycles. The predicted octanol–water partition coefficient (Wildman–Crippen LogP) is 1.97. The van der Waals surface area contributed by atoms with E-state index in [0.29, 0.717) is 12.0 Å². The lowest BCUT2D eigenvalue weighted by Crippen LogP contribution is -2.26. The van der Waals surface area contributed by atoms with Crippen LogP contribution >= 0.6 is 0 Å². The summed E-state index contributed by atoms with van der Waals surface area (Å²) in [5.74, 6) is 0.646. The molecule has 2 N–H and O–H groups in total. The van der Waals surface area contributed by atoms with Crippen LogP contribution in [0.4, 0.5) is 0 Å². The maximum Gasteiger partial charge on any atom is 0.00645 e. The van der Waals surface area contributed by atoms with E-state index < -0.39 is 0 Å². The van der Waals surface area contributed by atoms with Crippen molar-refractivity contribution in [3.63, 3.8) is 0 Å². The van der Waals surface area contributed by atoms with Crippen LogP contribution in [0.5, 0.6) is 0 Å². The third kappa shape index (κ3) is 3.52. The first-order valence-electron chi connectivity index (χ1n) is 3.77. The largest absolute Gasteiger partial charge is 0.327 e. The second-order valence-corrected chi connectivity index (χ2v) is 2.72. The molecule has 1 nitrogen and oxygen atoms in total. The minimum absolute atomic E-state index is 0.310. The van der Waals surface area contributed by atoms with Gasteiger partial charge in [-0.2, -0.15) is 0 Å². The number of nitrogens with two attached hydrogens (primary N) is 1. The van der Waals surface area contributed by atoms with Crippen LogP contribution in [0.25, 0.3) is 0 Å². The summed E-state index contributed by atoms with van der Waals surface area (Å²) in [4.78, 5) is 0. The number of hydrogen-bond donors (Lipinski definition) is 1. The van der Waals surface area contributed by atoms with Gasteiger partial charge < -0.3 is 5.73 Å². The molecule has 0 aliphatic carbocycles. The van der Waals surface area contributed by atoms with Crippen LogP contribution in [-0.4, -0.2) is 6.04 Å². The highest BCUT2D eigenvalue weighted by molar-refractivity contribution is 4.68. The maximum atomic E-state index is 5.74. The molecule has 9 heavy (non-hydrogen) atoms. The molecule has 0 aromatic rings. The zero-order chi connectivity index (χ0) is 7.28. The van der Waals surface area contributed by atoms with Crippen molar-refractivity contribution in [3.8, 4) is 0 Å². The van der Waals surface area contributed by atoms with Gasteiger partial charge in [0.15, 0.2) is 0 Å². The fourth-order valence-corrected chi connectivity index (χ4v) is 0.954. The zero-order valence-corrected chi connectivity index (χ0v) is 6.56. The minimum atomic E-state index is 0.310.